The third-order valence-corrected chi connectivity index (χ3v) is 7.91. The molecule has 4 rings (SSSR count). The van der Waals surface area contributed by atoms with E-state index in [1.54, 1.807) is 12.1 Å². The highest BCUT2D eigenvalue weighted by atomic mass is 16.5. The zero-order valence-electron chi connectivity index (χ0n) is 25.8. The minimum atomic E-state index is -0.542. The summed E-state index contributed by atoms with van der Waals surface area (Å²) in [5, 5.41) is 8.11. The molecule has 0 radical (unpaired) electrons. The molecule has 2 aromatic rings. The summed E-state index contributed by atoms with van der Waals surface area (Å²) in [4.78, 5) is 50.0. The van der Waals surface area contributed by atoms with E-state index in [1.165, 1.54) is 17.1 Å². The molecule has 2 aliphatic rings. The number of carbonyl (C=O) groups is 4. The molecule has 0 fully saturated rings. The number of carbonyl (C=O) groups excluding carboxylic acids is 4. The molecule has 0 saturated carbocycles. The quantitative estimate of drug-likeness (QED) is 0.357. The molecule has 42 heavy (non-hydrogen) atoms. The van der Waals surface area contributed by atoms with Crippen molar-refractivity contribution in [2.45, 2.75) is 79.8 Å². The lowest BCUT2D eigenvalue weighted by molar-refractivity contribution is -0.137. The van der Waals surface area contributed by atoms with E-state index in [2.05, 4.69) is 33.0 Å². The lowest BCUT2D eigenvalue weighted by Crippen LogP contribution is -2.36. The zero-order valence-corrected chi connectivity index (χ0v) is 25.8. The highest BCUT2D eigenvalue weighted by Gasteiger charge is 2.36. The van der Waals surface area contributed by atoms with E-state index < -0.39 is 11.5 Å². The van der Waals surface area contributed by atoms with E-state index in [0.717, 1.165) is 17.8 Å². The normalized spacial score (nSPS) is 16.7. The second-order valence-corrected chi connectivity index (χ2v) is 13.7. The van der Waals surface area contributed by atoms with Gasteiger partial charge in [-0.25, -0.2) is 4.68 Å². The van der Waals surface area contributed by atoms with Crippen LogP contribution in [-0.2, 0) is 20.7 Å². The van der Waals surface area contributed by atoms with Gasteiger partial charge in [-0.3, -0.25) is 24.1 Å². The third kappa shape index (κ3) is 6.98. The molecular weight excluding hydrogens is 534 g/mol. The van der Waals surface area contributed by atoms with Crippen LogP contribution in [0.25, 0.3) is 5.69 Å². The van der Waals surface area contributed by atoms with Gasteiger partial charge in [0.2, 0.25) is 0 Å². The molecule has 0 saturated heterocycles. The molecule has 1 aliphatic carbocycles. The SMILES string of the molecule is Cc1nn(-c2ccc(C(N)=O)c(NCC(C)(C)COC(C)(C)CCCN3C(=O)C=CC3=O)c2)c2c1C(=O)CC(C)(C)C2. The van der Waals surface area contributed by atoms with Gasteiger partial charge in [0.25, 0.3) is 17.7 Å². The molecule has 3 N–H and O–H groups in total. The number of aromatic nitrogens is 2. The fourth-order valence-corrected chi connectivity index (χ4v) is 5.54. The standard InChI is InChI=1S/C32H43N5O5/c1-20-28-24(16-30(2,3)17-25(28)38)37(35-20)21-9-10-22(29(33)41)23(15-21)34-18-31(4,5)19-42-32(6,7)13-8-14-36-26(39)11-12-27(36)40/h9-12,15,34H,8,13-14,16-19H2,1-7H3,(H2,33,41). The summed E-state index contributed by atoms with van der Waals surface area (Å²) in [6, 6.07) is 5.35. The molecule has 10 nitrogen and oxygen atoms in total. The maximum Gasteiger partial charge on any atom is 0.253 e. The molecular formula is C32H43N5O5. The fourth-order valence-electron chi connectivity index (χ4n) is 5.54. The van der Waals surface area contributed by atoms with Crippen molar-refractivity contribution in [3.8, 4) is 5.69 Å². The summed E-state index contributed by atoms with van der Waals surface area (Å²) >= 11 is 0. The highest BCUT2D eigenvalue weighted by Crippen LogP contribution is 2.37. The highest BCUT2D eigenvalue weighted by molar-refractivity contribution is 6.12. The predicted molar refractivity (Wildman–Crippen MR) is 161 cm³/mol. The van der Waals surface area contributed by atoms with Gasteiger partial charge in [-0.1, -0.05) is 27.7 Å². The third-order valence-electron chi connectivity index (χ3n) is 7.91. The lowest BCUT2D eigenvalue weighted by Gasteiger charge is -2.33. The molecule has 0 atom stereocenters. The number of Topliss-reactive ketones (excluding diaryl/α,β-unsaturated/α-hetero) is 1. The Labute approximate surface area is 247 Å². The first kappa shape index (κ1) is 31.2. The number of benzene rings is 1. The second-order valence-electron chi connectivity index (χ2n) is 13.7. The van der Waals surface area contributed by atoms with E-state index in [0.29, 0.717) is 61.5 Å². The molecule has 3 amide bonds. The summed E-state index contributed by atoms with van der Waals surface area (Å²) in [6.45, 7) is 15.4. The predicted octanol–water partition coefficient (Wildman–Crippen LogP) is 4.37. The van der Waals surface area contributed by atoms with Gasteiger partial charge >= 0.3 is 0 Å². The van der Waals surface area contributed by atoms with Crippen LogP contribution in [0, 0.1) is 17.8 Å². The number of ketones is 1. The molecule has 2 heterocycles. The van der Waals surface area contributed by atoms with Crippen LogP contribution in [0.5, 0.6) is 0 Å². The molecule has 10 heteroatoms. The molecule has 1 aliphatic heterocycles. The van der Waals surface area contributed by atoms with Crippen molar-refractivity contribution in [3.63, 3.8) is 0 Å². The largest absolute Gasteiger partial charge is 0.384 e. The van der Waals surface area contributed by atoms with Gasteiger partial charge in [-0.2, -0.15) is 5.10 Å². The number of imide groups is 1. The average Bonchev–Trinajstić information content (AvgIpc) is 3.38. The summed E-state index contributed by atoms with van der Waals surface area (Å²) in [5.74, 6) is -0.980. The Morgan fingerprint density at radius 1 is 1.10 bits per heavy atom. The number of hydrogen-bond donors (Lipinski definition) is 2. The summed E-state index contributed by atoms with van der Waals surface area (Å²) < 4.78 is 8.10. The number of primary amides is 1. The van der Waals surface area contributed by atoms with Crippen LogP contribution in [0.2, 0.25) is 0 Å². The molecule has 226 valence electrons. The van der Waals surface area contributed by atoms with E-state index >= 15 is 0 Å². The molecule has 1 aromatic heterocycles. The van der Waals surface area contributed by atoms with Gasteiger partial charge in [0.05, 0.1) is 40.4 Å². The van der Waals surface area contributed by atoms with Gasteiger partial charge in [0, 0.05) is 42.8 Å². The van der Waals surface area contributed by atoms with E-state index in [4.69, 9.17) is 15.6 Å². The van der Waals surface area contributed by atoms with Crippen LogP contribution >= 0.6 is 0 Å². The Balaban J connectivity index is 1.43. The van der Waals surface area contributed by atoms with Crippen molar-refractivity contribution in [2.75, 3.05) is 25.0 Å². The average molecular weight is 578 g/mol. The number of rotatable bonds is 12. The molecule has 0 spiro atoms. The first-order chi connectivity index (χ1) is 19.5. The van der Waals surface area contributed by atoms with Crippen molar-refractivity contribution in [1.29, 1.82) is 0 Å². The van der Waals surface area contributed by atoms with Crippen molar-refractivity contribution in [1.82, 2.24) is 14.7 Å². The number of amides is 3. The lowest BCUT2D eigenvalue weighted by atomic mass is 9.75. The number of nitrogens with zero attached hydrogens (tertiary/aromatic N) is 3. The Hall–Kier alpha value is -3.79. The monoisotopic (exact) mass is 577 g/mol. The molecule has 0 unspecified atom stereocenters. The number of aryl methyl sites for hydroxylation is 1. The minimum Gasteiger partial charge on any atom is -0.384 e. The summed E-state index contributed by atoms with van der Waals surface area (Å²) in [6.07, 6.45) is 5.11. The number of nitrogens with one attached hydrogen (secondary N) is 1. The van der Waals surface area contributed by atoms with E-state index in [1.807, 2.05) is 31.5 Å². The van der Waals surface area contributed by atoms with Gasteiger partial charge in [-0.05, 0) is 63.6 Å². The topological polar surface area (TPSA) is 137 Å². The zero-order chi connectivity index (χ0) is 31.0. The second kappa shape index (κ2) is 11.5. The van der Waals surface area contributed by atoms with Gasteiger partial charge in [0.15, 0.2) is 5.78 Å². The van der Waals surface area contributed by atoms with Crippen molar-refractivity contribution in [2.24, 2.45) is 16.6 Å². The maximum absolute atomic E-state index is 12.9. The van der Waals surface area contributed by atoms with Crippen LogP contribution in [0.3, 0.4) is 0 Å². The fraction of sp³-hybridized carbons (Fsp3) is 0.531. The number of fused-ring (bicyclic) bond motifs is 1. The van der Waals surface area contributed by atoms with Crippen LogP contribution in [-0.4, -0.2) is 63.5 Å². The Kier molecular flexibility index (Phi) is 8.51. The minimum absolute atomic E-state index is 0.108. The number of hydrogen-bond acceptors (Lipinski definition) is 7. The maximum atomic E-state index is 12.9. The van der Waals surface area contributed by atoms with E-state index in [9.17, 15) is 19.2 Å². The number of ether oxygens (including phenoxy) is 1. The Morgan fingerprint density at radius 3 is 2.40 bits per heavy atom. The van der Waals surface area contributed by atoms with Crippen molar-refractivity contribution in [3.05, 3.63) is 52.9 Å². The summed E-state index contributed by atoms with van der Waals surface area (Å²) in [7, 11) is 0. The number of nitrogens with two attached hydrogens (primary N) is 1. The summed E-state index contributed by atoms with van der Waals surface area (Å²) in [5.41, 5.74) is 8.76. The van der Waals surface area contributed by atoms with Crippen molar-refractivity contribution < 1.29 is 23.9 Å². The van der Waals surface area contributed by atoms with Crippen LogP contribution in [0.1, 0.15) is 92.9 Å². The Morgan fingerprint density at radius 2 is 1.76 bits per heavy atom. The van der Waals surface area contributed by atoms with Crippen LogP contribution in [0.4, 0.5) is 5.69 Å². The van der Waals surface area contributed by atoms with Gasteiger partial charge < -0.3 is 15.8 Å². The molecule has 1 aromatic carbocycles. The Bertz CT molecular complexity index is 1430. The van der Waals surface area contributed by atoms with E-state index in [-0.39, 0.29) is 28.4 Å². The molecule has 0 bridgehead atoms. The van der Waals surface area contributed by atoms with Crippen LogP contribution < -0.4 is 11.1 Å². The van der Waals surface area contributed by atoms with Gasteiger partial charge in [0.1, 0.15) is 0 Å². The smallest absolute Gasteiger partial charge is 0.253 e. The first-order valence-corrected chi connectivity index (χ1v) is 14.5. The van der Waals surface area contributed by atoms with Crippen molar-refractivity contribution >= 4 is 29.2 Å². The van der Waals surface area contributed by atoms with Crippen LogP contribution in [0.15, 0.2) is 30.4 Å². The first-order valence-electron chi connectivity index (χ1n) is 14.5. The number of anilines is 1. The van der Waals surface area contributed by atoms with Gasteiger partial charge in [-0.15, -0.1) is 0 Å².